The molecule has 1 saturated carbocycles. The Labute approximate surface area is 217 Å². The lowest BCUT2D eigenvalue weighted by atomic mass is 9.97. The molecule has 1 saturated heterocycles. The fourth-order valence-electron chi connectivity index (χ4n) is 4.06. The van der Waals surface area contributed by atoms with Crippen molar-refractivity contribution in [3.05, 3.63) is 28.7 Å². The fraction of sp³-hybridized carbons (Fsp3) is 0.654. The maximum Gasteiger partial charge on any atom is 0.412 e. The summed E-state index contributed by atoms with van der Waals surface area (Å²) in [4.78, 5) is 63.1. The minimum absolute atomic E-state index is 0.0255. The second-order valence-corrected chi connectivity index (χ2v) is 10.1. The van der Waals surface area contributed by atoms with Crippen LogP contribution in [0.2, 0.25) is 0 Å². The summed E-state index contributed by atoms with van der Waals surface area (Å²) in [5, 5.41) is 7.86. The maximum atomic E-state index is 13.4. The lowest BCUT2D eigenvalue weighted by molar-refractivity contribution is -0.146. The van der Waals surface area contributed by atoms with E-state index >= 15 is 0 Å². The van der Waals surface area contributed by atoms with Crippen molar-refractivity contribution in [3.63, 3.8) is 0 Å². The van der Waals surface area contributed by atoms with E-state index in [1.807, 2.05) is 13.8 Å². The number of anilines is 1. The molecular weight excluding hydrogens is 480 g/mol. The van der Waals surface area contributed by atoms with Gasteiger partial charge in [0.05, 0.1) is 7.11 Å². The maximum absolute atomic E-state index is 13.4. The number of methoxy groups -OCH3 is 1. The van der Waals surface area contributed by atoms with E-state index in [9.17, 15) is 24.0 Å². The van der Waals surface area contributed by atoms with Crippen LogP contribution in [-0.2, 0) is 23.9 Å². The number of hydrogen-bond acceptors (Lipinski definition) is 7. The van der Waals surface area contributed by atoms with Gasteiger partial charge in [0.1, 0.15) is 23.4 Å². The summed E-state index contributed by atoms with van der Waals surface area (Å²) in [6, 6.07) is 1.06. The van der Waals surface area contributed by atoms with Gasteiger partial charge < -0.3 is 24.7 Å². The van der Waals surface area contributed by atoms with Crippen LogP contribution in [0.25, 0.3) is 0 Å². The first-order valence-electron chi connectivity index (χ1n) is 12.9. The Balaban J connectivity index is 0.00000235. The number of rotatable bonds is 9. The van der Waals surface area contributed by atoms with Gasteiger partial charge in [-0.25, -0.2) is 9.59 Å². The zero-order valence-corrected chi connectivity index (χ0v) is 22.6. The average Bonchev–Trinajstić information content (AvgIpc) is 3.58. The molecule has 0 spiro atoms. The lowest BCUT2D eigenvalue weighted by Crippen LogP contribution is -2.47. The van der Waals surface area contributed by atoms with Crippen molar-refractivity contribution in [1.29, 1.82) is 0 Å². The van der Waals surface area contributed by atoms with Gasteiger partial charge in [0, 0.05) is 18.7 Å². The van der Waals surface area contributed by atoms with Gasteiger partial charge in [-0.2, -0.15) is 0 Å². The quantitative estimate of drug-likeness (QED) is 0.425. The van der Waals surface area contributed by atoms with E-state index in [0.717, 1.165) is 12.8 Å². The summed E-state index contributed by atoms with van der Waals surface area (Å²) in [6.07, 6.45) is 3.65. The Hall–Kier alpha value is -3.37. The van der Waals surface area contributed by atoms with Crippen molar-refractivity contribution in [3.8, 4) is 0 Å². The fourth-order valence-corrected chi connectivity index (χ4v) is 4.06. The molecule has 2 heterocycles. The molecule has 3 rings (SSSR count). The van der Waals surface area contributed by atoms with Crippen LogP contribution >= 0.6 is 0 Å². The Morgan fingerprint density at radius 1 is 1.14 bits per heavy atom. The summed E-state index contributed by atoms with van der Waals surface area (Å²) in [5.41, 5.74) is -1.34. The molecule has 1 aromatic rings. The van der Waals surface area contributed by atoms with E-state index in [2.05, 4.69) is 16.0 Å². The minimum atomic E-state index is -1.03. The molecular formula is C26H40N4O7. The molecule has 3 amide bonds. The Bertz CT molecular complexity index is 1030. The molecule has 206 valence electrons. The highest BCUT2D eigenvalue weighted by atomic mass is 16.6. The standard InChI is InChI=1S/C24H34N4O7.C2H6/c1-24(2,3)35-23(33)27-16-6-5-11-28(21(16)31)18(12-14-7-8-14)20(30)26-17(22(32)34-4)13-15-9-10-25-19(15)29;1-2/h5-6,11,14-15,17-18H,7-10,12-13H2,1-4H3,(H,25,29)(H,26,30)(H,27,33);1-2H3. The van der Waals surface area contributed by atoms with E-state index in [-0.39, 0.29) is 23.9 Å². The molecule has 0 aromatic carbocycles. The van der Waals surface area contributed by atoms with Crippen molar-refractivity contribution in [2.45, 2.75) is 84.4 Å². The molecule has 11 nitrogen and oxygen atoms in total. The number of carbonyl (C=O) groups is 4. The Kier molecular flexibility index (Phi) is 10.7. The molecule has 0 bridgehead atoms. The van der Waals surface area contributed by atoms with Gasteiger partial charge in [-0.1, -0.05) is 26.7 Å². The molecule has 3 unspecified atom stereocenters. The Morgan fingerprint density at radius 3 is 2.35 bits per heavy atom. The van der Waals surface area contributed by atoms with E-state index in [0.29, 0.717) is 19.4 Å². The van der Waals surface area contributed by atoms with Crippen LogP contribution in [-0.4, -0.2) is 53.7 Å². The summed E-state index contributed by atoms with van der Waals surface area (Å²) in [6.45, 7) is 9.64. The molecule has 11 heteroatoms. The van der Waals surface area contributed by atoms with E-state index in [1.54, 1.807) is 26.8 Å². The van der Waals surface area contributed by atoms with Crippen molar-refractivity contribution in [1.82, 2.24) is 15.2 Å². The number of ether oxygens (including phenoxy) is 2. The summed E-state index contributed by atoms with van der Waals surface area (Å²) in [5.74, 6) is -1.49. The zero-order valence-electron chi connectivity index (χ0n) is 22.6. The van der Waals surface area contributed by atoms with Crippen LogP contribution in [0.1, 0.15) is 72.8 Å². The van der Waals surface area contributed by atoms with Crippen molar-refractivity contribution in [2.24, 2.45) is 11.8 Å². The predicted molar refractivity (Wildman–Crippen MR) is 138 cm³/mol. The van der Waals surface area contributed by atoms with Crippen LogP contribution in [0.15, 0.2) is 23.1 Å². The number of nitrogens with zero attached hydrogens (tertiary/aromatic N) is 1. The number of nitrogens with one attached hydrogen (secondary N) is 3. The molecule has 1 aliphatic carbocycles. The van der Waals surface area contributed by atoms with Crippen LogP contribution in [0.3, 0.4) is 0 Å². The average molecular weight is 521 g/mol. The van der Waals surface area contributed by atoms with Gasteiger partial charge in [-0.05, 0) is 58.1 Å². The number of esters is 1. The van der Waals surface area contributed by atoms with Gasteiger partial charge in [0.2, 0.25) is 11.8 Å². The number of hydrogen-bond donors (Lipinski definition) is 3. The monoisotopic (exact) mass is 520 g/mol. The SMILES string of the molecule is CC.COC(=O)C(CC1CCNC1=O)NC(=O)C(CC1CC1)n1cccc(NC(=O)OC(C)(C)C)c1=O. The Morgan fingerprint density at radius 2 is 1.81 bits per heavy atom. The number of pyridine rings is 1. The third-order valence-electron chi connectivity index (χ3n) is 5.99. The van der Waals surface area contributed by atoms with Crippen molar-refractivity contribution >= 4 is 29.6 Å². The second kappa shape index (κ2) is 13.3. The molecule has 37 heavy (non-hydrogen) atoms. The number of aromatic nitrogens is 1. The van der Waals surface area contributed by atoms with Gasteiger partial charge >= 0.3 is 12.1 Å². The molecule has 0 radical (unpaired) electrons. The smallest absolute Gasteiger partial charge is 0.412 e. The number of carbonyl (C=O) groups excluding carboxylic acids is 4. The van der Waals surface area contributed by atoms with Crippen molar-refractivity contribution in [2.75, 3.05) is 19.0 Å². The van der Waals surface area contributed by atoms with Gasteiger partial charge in [0.25, 0.3) is 5.56 Å². The normalized spacial score (nSPS) is 18.4. The molecule has 1 aliphatic heterocycles. The summed E-state index contributed by atoms with van der Waals surface area (Å²) in [7, 11) is 1.22. The van der Waals surface area contributed by atoms with Crippen molar-refractivity contribution < 1.29 is 28.7 Å². The highest BCUT2D eigenvalue weighted by molar-refractivity contribution is 5.88. The van der Waals surface area contributed by atoms with Crippen LogP contribution < -0.4 is 21.5 Å². The summed E-state index contributed by atoms with van der Waals surface area (Å²) >= 11 is 0. The first kappa shape index (κ1) is 29.9. The predicted octanol–water partition coefficient (Wildman–Crippen LogP) is 2.75. The minimum Gasteiger partial charge on any atom is -0.467 e. The zero-order chi connectivity index (χ0) is 27.8. The van der Waals surface area contributed by atoms with E-state index in [4.69, 9.17) is 9.47 Å². The van der Waals surface area contributed by atoms with Gasteiger partial charge in [-0.15, -0.1) is 0 Å². The topological polar surface area (TPSA) is 145 Å². The first-order chi connectivity index (χ1) is 17.5. The molecule has 2 fully saturated rings. The molecule has 1 aromatic heterocycles. The highest BCUT2D eigenvalue weighted by Crippen LogP contribution is 2.37. The van der Waals surface area contributed by atoms with Crippen LogP contribution in [0.4, 0.5) is 10.5 Å². The highest BCUT2D eigenvalue weighted by Gasteiger charge is 2.36. The van der Waals surface area contributed by atoms with E-state index < -0.39 is 47.1 Å². The third-order valence-corrected chi connectivity index (χ3v) is 5.99. The van der Waals surface area contributed by atoms with Gasteiger partial charge in [0.15, 0.2) is 0 Å². The largest absolute Gasteiger partial charge is 0.467 e. The molecule has 3 atom stereocenters. The molecule has 3 N–H and O–H groups in total. The lowest BCUT2D eigenvalue weighted by Gasteiger charge is -2.24. The number of amides is 3. The van der Waals surface area contributed by atoms with Gasteiger partial charge in [-0.3, -0.25) is 19.7 Å². The first-order valence-corrected chi connectivity index (χ1v) is 12.9. The third kappa shape index (κ3) is 8.91. The van der Waals surface area contributed by atoms with E-state index in [1.165, 1.54) is 23.9 Å². The van der Waals surface area contributed by atoms with Crippen LogP contribution in [0, 0.1) is 11.8 Å². The molecule has 2 aliphatic rings. The van der Waals surface area contributed by atoms with Crippen LogP contribution in [0.5, 0.6) is 0 Å². The second-order valence-electron chi connectivity index (χ2n) is 10.1. The summed E-state index contributed by atoms with van der Waals surface area (Å²) < 4.78 is 11.3.